The Hall–Kier alpha value is -2.07. The van der Waals surface area contributed by atoms with Crippen LogP contribution in [0.3, 0.4) is 0 Å². The van der Waals surface area contributed by atoms with Crippen LogP contribution in [0, 0.1) is 0 Å². The van der Waals surface area contributed by atoms with Gasteiger partial charge in [0.05, 0.1) is 15.6 Å². The van der Waals surface area contributed by atoms with E-state index in [9.17, 15) is 16.8 Å². The molecule has 0 atom stereocenters. The maximum atomic E-state index is 13.0. The van der Waals surface area contributed by atoms with E-state index in [4.69, 9.17) is 16.7 Å². The minimum atomic E-state index is -4.17. The zero-order valence-corrected chi connectivity index (χ0v) is 15.1. The van der Waals surface area contributed by atoms with Gasteiger partial charge in [-0.3, -0.25) is 0 Å². The van der Waals surface area contributed by atoms with Crippen molar-refractivity contribution in [2.24, 2.45) is 5.14 Å². The second-order valence-electron chi connectivity index (χ2n) is 5.29. The molecule has 3 N–H and O–H groups in total. The minimum Gasteiger partial charge on any atom is -0.360 e. The van der Waals surface area contributed by atoms with Gasteiger partial charge in [0.2, 0.25) is 10.0 Å². The standard InChI is InChI=1S/C15H14ClN3O4S2/c16-12-9-18-13-7-4-8-14(15(12)13)19(10-24(17,20)21)25(22,23)11-5-2-1-3-6-11/h1-9,18H,10H2,(H2,17,20,21). The second kappa shape index (κ2) is 6.34. The molecule has 0 radical (unpaired) electrons. The number of nitrogens with one attached hydrogen (secondary N) is 1. The molecule has 0 amide bonds. The topological polar surface area (TPSA) is 113 Å². The molecule has 3 aromatic rings. The largest absolute Gasteiger partial charge is 0.360 e. The van der Waals surface area contributed by atoms with Gasteiger partial charge >= 0.3 is 0 Å². The van der Waals surface area contributed by atoms with E-state index >= 15 is 0 Å². The van der Waals surface area contributed by atoms with Crippen LogP contribution in [-0.4, -0.2) is 27.7 Å². The normalized spacial score (nSPS) is 12.4. The number of hydrogen-bond acceptors (Lipinski definition) is 4. The number of sulfonamides is 2. The molecule has 25 heavy (non-hydrogen) atoms. The first-order valence-electron chi connectivity index (χ1n) is 7.04. The molecule has 0 fully saturated rings. The van der Waals surface area contributed by atoms with Gasteiger partial charge in [0.15, 0.2) is 0 Å². The first-order chi connectivity index (χ1) is 11.7. The molecule has 0 spiro atoms. The van der Waals surface area contributed by atoms with Gasteiger partial charge in [0, 0.05) is 17.1 Å². The summed E-state index contributed by atoms with van der Waals surface area (Å²) in [7, 11) is -8.31. The fraction of sp³-hybridized carbons (Fsp3) is 0.0667. The number of halogens is 1. The fourth-order valence-corrected chi connectivity index (χ4v) is 5.37. The highest BCUT2D eigenvalue weighted by Crippen LogP contribution is 2.35. The maximum absolute atomic E-state index is 13.0. The van der Waals surface area contributed by atoms with Crippen molar-refractivity contribution < 1.29 is 16.8 Å². The molecule has 10 heteroatoms. The molecule has 3 rings (SSSR count). The smallest absolute Gasteiger partial charge is 0.265 e. The number of primary sulfonamides is 1. The molecule has 2 aromatic carbocycles. The Labute approximate surface area is 150 Å². The number of H-pyrrole nitrogens is 1. The molecule has 1 aromatic heterocycles. The van der Waals surface area contributed by atoms with Crippen LogP contribution >= 0.6 is 11.6 Å². The summed E-state index contributed by atoms with van der Waals surface area (Å²) in [6, 6.07) is 12.3. The molecule has 0 aliphatic heterocycles. The van der Waals surface area contributed by atoms with E-state index < -0.39 is 25.9 Å². The van der Waals surface area contributed by atoms with Gasteiger partial charge in [-0.15, -0.1) is 0 Å². The molecule has 0 unspecified atom stereocenters. The highest BCUT2D eigenvalue weighted by Gasteiger charge is 2.30. The summed E-state index contributed by atoms with van der Waals surface area (Å²) in [5.41, 5.74) is 0.701. The third kappa shape index (κ3) is 3.49. The lowest BCUT2D eigenvalue weighted by molar-refractivity contribution is 0.584. The van der Waals surface area contributed by atoms with Crippen LogP contribution in [0.1, 0.15) is 0 Å². The maximum Gasteiger partial charge on any atom is 0.265 e. The SMILES string of the molecule is NS(=O)(=O)CN(c1cccc2[nH]cc(Cl)c12)S(=O)(=O)c1ccccc1. The molecular formula is C15H14ClN3O4S2. The molecule has 1 heterocycles. The Bertz CT molecular complexity index is 1130. The summed E-state index contributed by atoms with van der Waals surface area (Å²) >= 11 is 6.16. The van der Waals surface area contributed by atoms with Crippen molar-refractivity contribution in [3.63, 3.8) is 0 Å². The van der Waals surface area contributed by atoms with Crippen molar-refractivity contribution in [3.8, 4) is 0 Å². The molecule has 7 nitrogen and oxygen atoms in total. The van der Waals surface area contributed by atoms with Crippen LogP contribution < -0.4 is 9.44 Å². The van der Waals surface area contributed by atoms with Crippen molar-refractivity contribution >= 4 is 48.2 Å². The van der Waals surface area contributed by atoms with E-state index in [1.165, 1.54) is 24.4 Å². The first kappa shape index (κ1) is 17.7. The summed E-state index contributed by atoms with van der Waals surface area (Å²) in [5, 5.41) is 5.80. The van der Waals surface area contributed by atoms with Crippen LogP contribution in [-0.2, 0) is 20.0 Å². The monoisotopic (exact) mass is 399 g/mol. The van der Waals surface area contributed by atoms with Crippen molar-refractivity contribution in [2.45, 2.75) is 4.90 Å². The molecule has 0 aliphatic carbocycles. The van der Waals surface area contributed by atoms with Crippen LogP contribution in [0.5, 0.6) is 0 Å². The number of fused-ring (bicyclic) bond motifs is 1. The number of nitrogens with two attached hydrogens (primary N) is 1. The average Bonchev–Trinajstić information content (AvgIpc) is 2.94. The van der Waals surface area contributed by atoms with Crippen LogP contribution in [0.2, 0.25) is 5.02 Å². The number of aromatic amines is 1. The predicted molar refractivity (Wildman–Crippen MR) is 97.4 cm³/mol. The number of nitrogens with zero attached hydrogens (tertiary/aromatic N) is 1. The lowest BCUT2D eigenvalue weighted by Crippen LogP contribution is -2.38. The van der Waals surface area contributed by atoms with Gasteiger partial charge in [-0.1, -0.05) is 35.9 Å². The number of aromatic nitrogens is 1. The molecular weight excluding hydrogens is 386 g/mol. The highest BCUT2D eigenvalue weighted by molar-refractivity contribution is 7.95. The summed E-state index contributed by atoms with van der Waals surface area (Å²) in [5.74, 6) is -0.912. The van der Waals surface area contributed by atoms with E-state index in [0.29, 0.717) is 10.9 Å². The Morgan fingerprint density at radius 1 is 1.00 bits per heavy atom. The zero-order chi connectivity index (χ0) is 18.2. The summed E-state index contributed by atoms with van der Waals surface area (Å²) in [6.07, 6.45) is 1.50. The van der Waals surface area contributed by atoms with Gasteiger partial charge < -0.3 is 4.98 Å². The lowest BCUT2D eigenvalue weighted by atomic mass is 10.2. The van der Waals surface area contributed by atoms with E-state index in [1.807, 2.05) is 0 Å². The molecule has 132 valence electrons. The zero-order valence-electron chi connectivity index (χ0n) is 12.8. The number of rotatable bonds is 5. The van der Waals surface area contributed by atoms with E-state index in [2.05, 4.69) is 4.98 Å². The van der Waals surface area contributed by atoms with Gasteiger partial charge in [-0.25, -0.2) is 26.3 Å². The lowest BCUT2D eigenvalue weighted by Gasteiger charge is -2.24. The Morgan fingerprint density at radius 3 is 2.32 bits per heavy atom. The van der Waals surface area contributed by atoms with Gasteiger partial charge in [-0.2, -0.15) is 0 Å². The van der Waals surface area contributed by atoms with Gasteiger partial charge in [-0.05, 0) is 24.3 Å². The van der Waals surface area contributed by atoms with Crippen LogP contribution in [0.4, 0.5) is 5.69 Å². The highest BCUT2D eigenvalue weighted by atomic mass is 35.5. The minimum absolute atomic E-state index is 0.0534. The van der Waals surface area contributed by atoms with Crippen molar-refractivity contribution in [3.05, 3.63) is 59.8 Å². The number of benzene rings is 2. The van der Waals surface area contributed by atoms with E-state index in [-0.39, 0.29) is 15.6 Å². The first-order valence-corrected chi connectivity index (χ1v) is 10.6. The Morgan fingerprint density at radius 2 is 1.68 bits per heavy atom. The van der Waals surface area contributed by atoms with E-state index in [0.717, 1.165) is 4.31 Å². The summed E-state index contributed by atoms with van der Waals surface area (Å²) in [4.78, 5) is 2.85. The van der Waals surface area contributed by atoms with E-state index in [1.54, 1.807) is 30.3 Å². The van der Waals surface area contributed by atoms with Crippen molar-refractivity contribution in [1.29, 1.82) is 0 Å². The molecule has 0 saturated heterocycles. The van der Waals surface area contributed by atoms with Crippen LogP contribution in [0.25, 0.3) is 10.9 Å². The number of anilines is 1. The summed E-state index contributed by atoms with van der Waals surface area (Å²) < 4.78 is 50.2. The Kier molecular flexibility index (Phi) is 4.50. The summed E-state index contributed by atoms with van der Waals surface area (Å²) in [6.45, 7) is 0. The van der Waals surface area contributed by atoms with Gasteiger partial charge in [0.1, 0.15) is 5.88 Å². The average molecular weight is 400 g/mol. The van der Waals surface area contributed by atoms with Crippen molar-refractivity contribution in [1.82, 2.24) is 4.98 Å². The van der Waals surface area contributed by atoms with Gasteiger partial charge in [0.25, 0.3) is 10.0 Å². The van der Waals surface area contributed by atoms with Crippen LogP contribution in [0.15, 0.2) is 59.6 Å². The third-order valence-electron chi connectivity index (χ3n) is 3.53. The second-order valence-corrected chi connectivity index (χ2v) is 9.15. The number of hydrogen-bond donors (Lipinski definition) is 2. The molecule has 0 aliphatic rings. The fourth-order valence-electron chi connectivity index (χ4n) is 2.48. The predicted octanol–water partition coefficient (Wildman–Crippen LogP) is 2.26. The Balaban J connectivity index is 2.28. The van der Waals surface area contributed by atoms with Crippen molar-refractivity contribution in [2.75, 3.05) is 10.2 Å². The third-order valence-corrected chi connectivity index (χ3v) is 6.39. The molecule has 0 saturated carbocycles. The quantitative estimate of drug-likeness (QED) is 0.684. The molecule has 0 bridgehead atoms.